The first-order valence-corrected chi connectivity index (χ1v) is 18.6. The van der Waals surface area contributed by atoms with Gasteiger partial charge >= 0.3 is 0 Å². The van der Waals surface area contributed by atoms with Crippen LogP contribution in [0.2, 0.25) is 0 Å². The minimum absolute atomic E-state index is 0.0708. The SMILES string of the molecule is [C-]#[N+]C(C#N)=C1C(=NC2=Cc3cc4sc5cc6c(cc5c4cc3C2(C)C)C(C)(C)C(N=C2C(=O)c3cc(F)c(F)cc3/C2=C(/C#N)[N+]#[C-])=C6)C(=O)c2cc(F)c(F)cc21. The molecule has 4 aliphatic rings. The Labute approximate surface area is 337 Å². The van der Waals surface area contributed by atoms with Gasteiger partial charge in [0.2, 0.25) is 11.6 Å². The van der Waals surface area contributed by atoms with Crippen LogP contribution in [0.5, 0.6) is 0 Å². The maximum atomic E-state index is 14.4. The van der Waals surface area contributed by atoms with E-state index in [0.717, 1.165) is 66.7 Å². The fraction of sp³-hybridized carbons (Fsp3) is 0.130. The number of allylic oxidation sites excluding steroid dienone is 6. The number of halogens is 4. The highest BCUT2D eigenvalue weighted by atomic mass is 32.1. The number of rotatable bonds is 2. The largest absolute Gasteiger partial charge is 0.287 e. The molecule has 0 N–H and O–H groups in total. The lowest BCUT2D eigenvalue weighted by Crippen LogP contribution is -2.19. The average Bonchev–Trinajstić information content (AvgIpc) is 3.90. The highest BCUT2D eigenvalue weighted by Gasteiger charge is 2.41. The Kier molecular flexibility index (Phi) is 7.82. The number of fused-ring (bicyclic) bond motifs is 7. The summed E-state index contributed by atoms with van der Waals surface area (Å²) in [6.45, 7) is 22.8. The Morgan fingerprint density at radius 3 is 1.31 bits per heavy atom. The van der Waals surface area contributed by atoms with Gasteiger partial charge in [-0.05, 0) is 94.1 Å². The summed E-state index contributed by atoms with van der Waals surface area (Å²) in [5.41, 5.74) is 0.459. The first-order valence-electron chi connectivity index (χ1n) is 17.8. The van der Waals surface area contributed by atoms with Gasteiger partial charge in [-0.25, -0.2) is 47.8 Å². The van der Waals surface area contributed by atoms with E-state index in [1.54, 1.807) is 12.1 Å². The molecule has 4 aliphatic carbocycles. The predicted octanol–water partition coefficient (Wildman–Crippen LogP) is 10.9. The van der Waals surface area contributed by atoms with Crippen LogP contribution in [0.25, 0.3) is 53.2 Å². The van der Waals surface area contributed by atoms with Crippen LogP contribution < -0.4 is 0 Å². The summed E-state index contributed by atoms with van der Waals surface area (Å²) in [6, 6.07) is 14.8. The van der Waals surface area contributed by atoms with E-state index in [2.05, 4.69) is 21.8 Å². The highest BCUT2D eigenvalue weighted by Crippen LogP contribution is 2.50. The van der Waals surface area contributed by atoms with E-state index in [0.29, 0.717) is 11.4 Å². The Morgan fingerprint density at radius 1 is 0.610 bits per heavy atom. The number of aliphatic imine (C=N–C) groups is 2. The van der Waals surface area contributed by atoms with Crippen molar-refractivity contribution in [2.45, 2.75) is 38.5 Å². The summed E-state index contributed by atoms with van der Waals surface area (Å²) >= 11 is 1.54. The third-order valence-electron chi connectivity index (χ3n) is 11.5. The molecule has 0 saturated carbocycles. The van der Waals surface area contributed by atoms with E-state index in [4.69, 9.17) is 23.1 Å². The van der Waals surface area contributed by atoms with Crippen LogP contribution in [0.15, 0.2) is 81.3 Å². The van der Waals surface area contributed by atoms with Crippen molar-refractivity contribution in [1.29, 1.82) is 10.5 Å². The molecule has 0 unspecified atom stereocenters. The van der Waals surface area contributed by atoms with E-state index >= 15 is 0 Å². The van der Waals surface area contributed by atoms with E-state index < -0.39 is 57.1 Å². The molecule has 13 heteroatoms. The second-order valence-corrected chi connectivity index (χ2v) is 16.5. The number of thiophene rings is 1. The summed E-state index contributed by atoms with van der Waals surface area (Å²) in [6.07, 6.45) is 3.64. The van der Waals surface area contributed by atoms with Gasteiger partial charge in [-0.1, -0.05) is 27.7 Å². The van der Waals surface area contributed by atoms with Gasteiger partial charge in [0.1, 0.15) is 11.4 Å². The quantitative estimate of drug-likeness (QED) is 0.100. The van der Waals surface area contributed by atoms with Gasteiger partial charge in [-0.3, -0.25) is 9.59 Å². The maximum Gasteiger partial charge on any atom is 0.271 e. The molecule has 0 atom stereocenters. The number of nitriles is 2. The van der Waals surface area contributed by atoms with Crippen molar-refractivity contribution >= 4 is 77.8 Å². The molecule has 1 heterocycles. The highest BCUT2D eigenvalue weighted by molar-refractivity contribution is 7.25. The first-order chi connectivity index (χ1) is 28.0. The fourth-order valence-corrected chi connectivity index (χ4v) is 9.49. The molecule has 1 aromatic heterocycles. The zero-order valence-electron chi connectivity index (χ0n) is 31.2. The van der Waals surface area contributed by atoms with Gasteiger partial charge < -0.3 is 0 Å². The predicted molar refractivity (Wildman–Crippen MR) is 216 cm³/mol. The molecule has 0 amide bonds. The summed E-state index contributed by atoms with van der Waals surface area (Å²) in [4.78, 5) is 43.2. The van der Waals surface area contributed by atoms with Crippen LogP contribution in [-0.2, 0) is 10.8 Å². The van der Waals surface area contributed by atoms with Crippen molar-refractivity contribution in [3.63, 3.8) is 0 Å². The van der Waals surface area contributed by atoms with Gasteiger partial charge in [0, 0.05) is 53.3 Å². The van der Waals surface area contributed by atoms with Crippen molar-refractivity contribution in [2.24, 2.45) is 9.98 Å². The van der Waals surface area contributed by atoms with Crippen LogP contribution in [0, 0.1) is 59.1 Å². The van der Waals surface area contributed by atoms with Gasteiger partial charge in [0.15, 0.2) is 23.3 Å². The summed E-state index contributed by atoms with van der Waals surface area (Å²) in [5, 5.41) is 21.4. The third-order valence-corrected chi connectivity index (χ3v) is 12.6. The van der Waals surface area contributed by atoms with Crippen LogP contribution in [0.4, 0.5) is 17.6 Å². The third kappa shape index (κ3) is 5.09. The molecule has 282 valence electrons. The molecule has 0 spiro atoms. The lowest BCUT2D eigenvalue weighted by molar-refractivity contribution is 0.106. The molecule has 9 rings (SSSR count). The maximum absolute atomic E-state index is 14.4. The van der Waals surface area contributed by atoms with E-state index in [1.165, 1.54) is 11.3 Å². The van der Waals surface area contributed by atoms with E-state index in [9.17, 15) is 37.7 Å². The molecule has 8 nitrogen and oxygen atoms in total. The Bertz CT molecular complexity index is 3100. The second kappa shape index (κ2) is 12.5. The van der Waals surface area contributed by atoms with Crippen LogP contribution in [-0.4, -0.2) is 23.0 Å². The zero-order chi connectivity index (χ0) is 42.0. The zero-order valence-corrected chi connectivity index (χ0v) is 32.0. The molecule has 0 bridgehead atoms. The van der Waals surface area contributed by atoms with Crippen LogP contribution >= 0.6 is 11.3 Å². The molecule has 4 aromatic carbocycles. The lowest BCUT2D eigenvalue weighted by atomic mass is 9.82. The van der Waals surface area contributed by atoms with E-state index in [-0.39, 0.29) is 44.8 Å². The number of hydrogen-bond acceptors (Lipinski definition) is 7. The van der Waals surface area contributed by atoms with Crippen LogP contribution in [0.1, 0.15) is 81.8 Å². The minimum atomic E-state index is -1.24. The van der Waals surface area contributed by atoms with Gasteiger partial charge in [0.05, 0.1) is 36.7 Å². The molecular formula is C46H22F4N6O2S. The first kappa shape index (κ1) is 37.0. The fourth-order valence-electron chi connectivity index (χ4n) is 8.32. The van der Waals surface area contributed by atoms with Crippen molar-refractivity contribution < 1.29 is 27.2 Å². The Morgan fingerprint density at radius 2 is 0.966 bits per heavy atom. The van der Waals surface area contributed by atoms with Crippen molar-refractivity contribution in [1.82, 2.24) is 0 Å². The molecule has 0 fully saturated rings. The molecule has 5 aromatic rings. The number of carbonyl (C=O) groups is 2. The average molecular weight is 799 g/mol. The van der Waals surface area contributed by atoms with E-state index in [1.807, 2.05) is 52.0 Å². The van der Waals surface area contributed by atoms with Crippen LogP contribution in [0.3, 0.4) is 0 Å². The monoisotopic (exact) mass is 798 g/mol. The number of nitrogens with zero attached hydrogens (tertiary/aromatic N) is 6. The van der Waals surface area contributed by atoms with Crippen molar-refractivity contribution in [3.8, 4) is 12.1 Å². The molecular weight excluding hydrogens is 777 g/mol. The summed E-state index contributed by atoms with van der Waals surface area (Å²) in [7, 11) is 0. The number of Topliss-reactive ketones (excluding diaryl/α,β-unsaturated/α-hetero) is 2. The summed E-state index contributed by atoms with van der Waals surface area (Å²) < 4.78 is 59.2. The topological polar surface area (TPSA) is 115 Å². The second-order valence-electron chi connectivity index (χ2n) is 15.4. The lowest BCUT2D eigenvalue weighted by Gasteiger charge is -2.23. The van der Waals surface area contributed by atoms with Crippen molar-refractivity contribution in [2.75, 3.05) is 0 Å². The number of carbonyl (C=O) groups excluding carboxylic acids is 2. The number of ketones is 2. The van der Waals surface area contributed by atoms with Gasteiger partial charge in [-0.15, -0.1) is 11.3 Å². The van der Waals surface area contributed by atoms with Gasteiger partial charge in [0.25, 0.3) is 11.4 Å². The van der Waals surface area contributed by atoms with Crippen molar-refractivity contribution in [3.05, 3.63) is 162 Å². The van der Waals surface area contributed by atoms with Gasteiger partial charge in [-0.2, -0.15) is 0 Å². The molecule has 0 saturated heterocycles. The normalized spacial score (nSPS) is 19.8. The standard InChI is InChI=1S/C46H22F4N6O2S/c1-45(2)27-11-21-22-12-28-20(10-38(46(28,3)4)56-42-40(34(18-52)54-6)24-14-30(48)32(50)16-26(24)44(42)58)8-36(22)59-35(21)7-19(27)9-37(45)55-41-39(33(17-51)53-5)23-13-29(47)31(49)15-25(23)43(41)57/h7-16H,1-4H3/b39-33+,40-34?,55-41?,56-42?. The number of benzene rings is 4. The molecule has 0 aliphatic heterocycles. The number of hydrogen-bond donors (Lipinski definition) is 0. The Balaban J connectivity index is 1.13. The molecule has 0 radical (unpaired) electrons. The summed E-state index contributed by atoms with van der Waals surface area (Å²) in [5.74, 6) is -6.39. The minimum Gasteiger partial charge on any atom is -0.287 e. The molecule has 59 heavy (non-hydrogen) atoms. The Hall–Kier alpha value is -7.58. The smallest absolute Gasteiger partial charge is 0.271 e.